The number of carboxylic acid groups (broad SMARTS) is 1. The van der Waals surface area contributed by atoms with Gasteiger partial charge in [-0.2, -0.15) is 0 Å². The number of fused-ring (bicyclic) bond motifs is 1. The van der Waals surface area contributed by atoms with Crippen LogP contribution in [-0.2, 0) is 0 Å². The van der Waals surface area contributed by atoms with Gasteiger partial charge in [-0.25, -0.2) is 4.79 Å². The Labute approximate surface area is 135 Å². The number of carbonyl (C=O) groups is 1. The fourth-order valence-corrected chi connectivity index (χ4v) is 2.97. The number of hydrogen-bond acceptors (Lipinski definition) is 3. The zero-order valence-corrected chi connectivity index (χ0v) is 13.2. The third-order valence-corrected chi connectivity index (χ3v) is 4.41. The third-order valence-electron chi connectivity index (χ3n) is 4.41. The minimum Gasteiger partial charge on any atom is -0.497 e. The molecule has 0 atom stereocenters. The highest BCUT2D eigenvalue weighted by molar-refractivity contribution is 5.89. The first-order chi connectivity index (χ1) is 11.2. The van der Waals surface area contributed by atoms with Gasteiger partial charge in [0.2, 0.25) is 0 Å². The third kappa shape index (κ3) is 3.50. The van der Waals surface area contributed by atoms with E-state index in [1.165, 1.54) is 4.90 Å². The second-order valence-corrected chi connectivity index (χ2v) is 5.87. The summed E-state index contributed by atoms with van der Waals surface area (Å²) in [6.45, 7) is 1.79. The van der Waals surface area contributed by atoms with Crippen molar-refractivity contribution in [3.8, 4) is 11.5 Å². The van der Waals surface area contributed by atoms with Crippen molar-refractivity contribution in [1.29, 1.82) is 0 Å². The van der Waals surface area contributed by atoms with Gasteiger partial charge in [0.25, 0.3) is 0 Å². The smallest absolute Gasteiger partial charge is 0.407 e. The van der Waals surface area contributed by atoms with E-state index >= 15 is 0 Å². The fraction of sp³-hybridized carbons (Fsp3) is 0.389. The maximum Gasteiger partial charge on any atom is 0.407 e. The molecule has 1 fully saturated rings. The van der Waals surface area contributed by atoms with Gasteiger partial charge in [-0.1, -0.05) is 18.2 Å². The lowest BCUT2D eigenvalue weighted by molar-refractivity contribution is 0.112. The quantitative estimate of drug-likeness (QED) is 0.936. The molecule has 1 amide bonds. The van der Waals surface area contributed by atoms with Crippen molar-refractivity contribution in [2.45, 2.75) is 12.8 Å². The molecule has 0 aromatic heterocycles. The number of piperidine rings is 1. The van der Waals surface area contributed by atoms with Crippen molar-refractivity contribution in [1.82, 2.24) is 4.90 Å². The Bertz CT molecular complexity index is 692. The number of ether oxygens (including phenoxy) is 2. The van der Waals surface area contributed by atoms with Gasteiger partial charge in [0.05, 0.1) is 13.7 Å². The van der Waals surface area contributed by atoms with Crippen LogP contribution < -0.4 is 9.47 Å². The lowest BCUT2D eigenvalue weighted by atomic mass is 9.98. The summed E-state index contributed by atoms with van der Waals surface area (Å²) in [4.78, 5) is 12.4. The summed E-state index contributed by atoms with van der Waals surface area (Å²) < 4.78 is 11.3. The Morgan fingerprint density at radius 3 is 2.74 bits per heavy atom. The van der Waals surface area contributed by atoms with Crippen molar-refractivity contribution in [2.75, 3.05) is 26.8 Å². The lowest BCUT2D eigenvalue weighted by Crippen LogP contribution is -2.38. The van der Waals surface area contributed by atoms with E-state index < -0.39 is 6.09 Å². The zero-order valence-electron chi connectivity index (χ0n) is 13.2. The molecule has 3 rings (SSSR count). The van der Waals surface area contributed by atoms with Crippen molar-refractivity contribution in [2.24, 2.45) is 5.92 Å². The zero-order chi connectivity index (χ0) is 16.2. The van der Waals surface area contributed by atoms with Gasteiger partial charge in [-0.15, -0.1) is 0 Å². The number of likely N-dealkylation sites (tertiary alicyclic amines) is 1. The van der Waals surface area contributed by atoms with E-state index in [0.29, 0.717) is 25.6 Å². The van der Waals surface area contributed by atoms with Crippen LogP contribution in [0.1, 0.15) is 12.8 Å². The number of amides is 1. The maximum absolute atomic E-state index is 10.9. The monoisotopic (exact) mass is 315 g/mol. The van der Waals surface area contributed by atoms with E-state index in [2.05, 4.69) is 0 Å². The molecule has 1 aliphatic rings. The highest BCUT2D eigenvalue weighted by Gasteiger charge is 2.22. The Morgan fingerprint density at radius 2 is 2.04 bits per heavy atom. The molecular formula is C18H21NO4. The fourth-order valence-electron chi connectivity index (χ4n) is 2.97. The van der Waals surface area contributed by atoms with Crippen molar-refractivity contribution < 1.29 is 19.4 Å². The molecule has 0 aliphatic carbocycles. The summed E-state index contributed by atoms with van der Waals surface area (Å²) in [5.74, 6) is 2.05. The van der Waals surface area contributed by atoms with Crippen molar-refractivity contribution in [3.05, 3.63) is 36.4 Å². The molecule has 0 radical (unpaired) electrons. The number of hydrogen-bond donors (Lipinski definition) is 1. The average Bonchev–Trinajstić information content (AvgIpc) is 2.59. The van der Waals surface area contributed by atoms with Crippen molar-refractivity contribution in [3.63, 3.8) is 0 Å². The van der Waals surface area contributed by atoms with Gasteiger partial charge >= 0.3 is 6.09 Å². The largest absolute Gasteiger partial charge is 0.497 e. The van der Waals surface area contributed by atoms with Crippen molar-refractivity contribution >= 4 is 16.9 Å². The Hall–Kier alpha value is -2.43. The predicted molar refractivity (Wildman–Crippen MR) is 88.3 cm³/mol. The van der Waals surface area contributed by atoms with Crippen LogP contribution in [0.5, 0.6) is 11.5 Å². The molecule has 23 heavy (non-hydrogen) atoms. The second-order valence-electron chi connectivity index (χ2n) is 5.87. The molecule has 0 spiro atoms. The van der Waals surface area contributed by atoms with E-state index in [1.54, 1.807) is 7.11 Å². The summed E-state index contributed by atoms with van der Waals surface area (Å²) in [7, 11) is 1.65. The minimum atomic E-state index is -0.828. The lowest BCUT2D eigenvalue weighted by Gasteiger charge is -2.29. The van der Waals surface area contributed by atoms with Crippen LogP contribution in [0.25, 0.3) is 10.8 Å². The molecule has 122 valence electrons. The molecular weight excluding hydrogens is 294 g/mol. The first-order valence-corrected chi connectivity index (χ1v) is 7.85. The average molecular weight is 315 g/mol. The van der Waals surface area contributed by atoms with Crippen LogP contribution in [0.4, 0.5) is 4.79 Å². The van der Waals surface area contributed by atoms with Gasteiger partial charge < -0.3 is 19.5 Å². The molecule has 1 N–H and O–H groups in total. The molecule has 2 aromatic carbocycles. The molecule has 1 heterocycles. The van der Waals surface area contributed by atoms with Gasteiger partial charge in [0.1, 0.15) is 11.5 Å². The summed E-state index contributed by atoms with van der Waals surface area (Å²) in [5.41, 5.74) is 0. The van der Waals surface area contributed by atoms with Crippen LogP contribution in [0.2, 0.25) is 0 Å². The normalized spacial score (nSPS) is 15.6. The summed E-state index contributed by atoms with van der Waals surface area (Å²) in [6, 6.07) is 11.9. The van der Waals surface area contributed by atoms with Crippen LogP contribution in [-0.4, -0.2) is 42.9 Å². The number of methoxy groups -OCH3 is 1. The van der Waals surface area contributed by atoms with E-state index in [-0.39, 0.29) is 0 Å². The number of rotatable bonds is 4. The summed E-state index contributed by atoms with van der Waals surface area (Å²) in [5, 5.41) is 11.1. The minimum absolute atomic E-state index is 0.395. The molecule has 1 saturated heterocycles. The van der Waals surface area contributed by atoms with Crippen LogP contribution >= 0.6 is 0 Å². The first kappa shape index (κ1) is 15.5. The Morgan fingerprint density at radius 1 is 1.26 bits per heavy atom. The van der Waals surface area contributed by atoms with Gasteiger partial charge in [0.15, 0.2) is 0 Å². The second kappa shape index (κ2) is 6.77. The van der Waals surface area contributed by atoms with Gasteiger partial charge in [-0.3, -0.25) is 0 Å². The van der Waals surface area contributed by atoms with E-state index in [4.69, 9.17) is 14.6 Å². The molecule has 1 aliphatic heterocycles. The summed E-state index contributed by atoms with van der Waals surface area (Å²) >= 11 is 0. The maximum atomic E-state index is 10.9. The van der Waals surface area contributed by atoms with Crippen LogP contribution in [0.15, 0.2) is 36.4 Å². The number of benzene rings is 2. The summed E-state index contributed by atoms with van der Waals surface area (Å²) in [6.07, 6.45) is 0.867. The Balaban J connectivity index is 1.67. The van der Waals surface area contributed by atoms with Crippen LogP contribution in [0.3, 0.4) is 0 Å². The standard InChI is InChI=1S/C18H21NO4/c1-22-15-6-5-14-3-2-4-17(16(14)11-15)23-12-13-7-9-19(10-8-13)18(20)21/h2-6,11,13H,7-10,12H2,1H3,(H,20,21). The van der Waals surface area contributed by atoms with Gasteiger partial charge in [0, 0.05) is 18.5 Å². The van der Waals surface area contributed by atoms with E-state index in [9.17, 15) is 4.79 Å². The molecule has 0 saturated carbocycles. The molecule has 0 bridgehead atoms. The first-order valence-electron chi connectivity index (χ1n) is 7.85. The predicted octanol–water partition coefficient (Wildman–Crippen LogP) is 3.62. The van der Waals surface area contributed by atoms with Crippen LogP contribution in [0, 0.1) is 5.92 Å². The number of nitrogens with zero attached hydrogens (tertiary/aromatic N) is 1. The molecule has 0 unspecified atom stereocenters. The van der Waals surface area contributed by atoms with Gasteiger partial charge in [-0.05, 0) is 42.3 Å². The molecule has 2 aromatic rings. The Kier molecular flexibility index (Phi) is 4.55. The van der Waals surface area contributed by atoms with E-state index in [1.807, 2.05) is 36.4 Å². The van der Waals surface area contributed by atoms with E-state index in [0.717, 1.165) is 35.1 Å². The SMILES string of the molecule is COc1ccc2cccc(OCC3CCN(C(=O)O)CC3)c2c1. The topological polar surface area (TPSA) is 59.0 Å². The molecule has 5 heteroatoms. The highest BCUT2D eigenvalue weighted by atomic mass is 16.5. The molecule has 5 nitrogen and oxygen atoms in total. The highest BCUT2D eigenvalue weighted by Crippen LogP contribution is 2.30.